The van der Waals surface area contributed by atoms with Crippen molar-refractivity contribution in [1.29, 1.82) is 0 Å². The standard InChI is InChI=1S/C24H18F2N2O4/c1-31-19-11-8-14(12-20(19)32-2)21-22(27-15-9-10-17(25)18(26)13-15)24(30)28(23(21)29)16-6-4-3-5-7-16/h3-13,27H,1-2H3. The molecule has 0 radical (unpaired) electrons. The highest BCUT2D eigenvalue weighted by molar-refractivity contribution is 6.46. The van der Waals surface area contributed by atoms with E-state index in [4.69, 9.17) is 9.47 Å². The molecule has 1 heterocycles. The molecule has 0 aromatic heterocycles. The molecule has 1 aliphatic heterocycles. The van der Waals surface area contributed by atoms with Gasteiger partial charge in [0.25, 0.3) is 11.8 Å². The molecule has 32 heavy (non-hydrogen) atoms. The Bertz CT molecular complexity index is 1240. The van der Waals surface area contributed by atoms with Crippen LogP contribution < -0.4 is 19.7 Å². The number of para-hydroxylation sites is 1. The van der Waals surface area contributed by atoms with Gasteiger partial charge in [0, 0.05) is 11.8 Å². The molecule has 0 atom stereocenters. The van der Waals surface area contributed by atoms with Crippen molar-refractivity contribution in [3.05, 3.63) is 89.6 Å². The number of imide groups is 1. The first-order valence-electron chi connectivity index (χ1n) is 9.57. The number of nitrogens with one attached hydrogen (secondary N) is 1. The number of hydrogen-bond donors (Lipinski definition) is 1. The van der Waals surface area contributed by atoms with E-state index in [1.165, 1.54) is 20.3 Å². The number of anilines is 2. The van der Waals surface area contributed by atoms with E-state index in [0.717, 1.165) is 17.0 Å². The second-order valence-electron chi connectivity index (χ2n) is 6.85. The Hall–Kier alpha value is -4.20. The molecular formula is C24H18F2N2O4. The molecular weight excluding hydrogens is 418 g/mol. The van der Waals surface area contributed by atoms with Gasteiger partial charge >= 0.3 is 0 Å². The van der Waals surface area contributed by atoms with Crippen LogP contribution in [0.15, 0.2) is 72.4 Å². The fourth-order valence-electron chi connectivity index (χ4n) is 3.44. The molecule has 2 amide bonds. The first-order chi connectivity index (χ1) is 15.4. The van der Waals surface area contributed by atoms with Gasteiger partial charge in [-0.15, -0.1) is 0 Å². The van der Waals surface area contributed by atoms with E-state index in [1.807, 2.05) is 0 Å². The van der Waals surface area contributed by atoms with Crippen LogP contribution in [-0.4, -0.2) is 26.0 Å². The van der Waals surface area contributed by atoms with Gasteiger partial charge in [-0.25, -0.2) is 13.7 Å². The number of nitrogens with zero attached hydrogens (tertiary/aromatic N) is 1. The smallest absolute Gasteiger partial charge is 0.282 e. The van der Waals surface area contributed by atoms with Crippen LogP contribution in [-0.2, 0) is 9.59 Å². The second-order valence-corrected chi connectivity index (χ2v) is 6.85. The maximum Gasteiger partial charge on any atom is 0.282 e. The van der Waals surface area contributed by atoms with Crippen LogP contribution in [0.1, 0.15) is 5.56 Å². The average molecular weight is 436 g/mol. The fraction of sp³-hybridized carbons (Fsp3) is 0.0833. The van der Waals surface area contributed by atoms with Gasteiger partial charge in [-0.1, -0.05) is 24.3 Å². The molecule has 3 aromatic carbocycles. The fourth-order valence-corrected chi connectivity index (χ4v) is 3.44. The maximum atomic E-state index is 13.7. The van der Waals surface area contributed by atoms with Gasteiger partial charge in [-0.05, 0) is 42.0 Å². The van der Waals surface area contributed by atoms with Crippen molar-refractivity contribution in [2.75, 3.05) is 24.4 Å². The first-order valence-corrected chi connectivity index (χ1v) is 9.57. The van der Waals surface area contributed by atoms with Crippen LogP contribution >= 0.6 is 0 Å². The number of carbonyl (C=O) groups is 2. The predicted molar refractivity (Wildman–Crippen MR) is 115 cm³/mol. The molecule has 0 saturated heterocycles. The van der Waals surface area contributed by atoms with E-state index in [2.05, 4.69) is 5.32 Å². The van der Waals surface area contributed by atoms with Gasteiger partial charge in [-0.2, -0.15) is 0 Å². The SMILES string of the molecule is COc1ccc(C2=C(Nc3ccc(F)c(F)c3)C(=O)N(c3ccccc3)C2=O)cc1OC. The molecule has 0 spiro atoms. The number of carbonyl (C=O) groups excluding carboxylic acids is 2. The molecule has 6 nitrogen and oxygen atoms in total. The number of amides is 2. The number of methoxy groups -OCH3 is 2. The van der Waals surface area contributed by atoms with E-state index in [1.54, 1.807) is 48.5 Å². The Balaban J connectivity index is 1.85. The third kappa shape index (κ3) is 3.66. The van der Waals surface area contributed by atoms with E-state index in [9.17, 15) is 18.4 Å². The van der Waals surface area contributed by atoms with E-state index in [-0.39, 0.29) is 17.0 Å². The molecule has 0 bridgehead atoms. The lowest BCUT2D eigenvalue weighted by Gasteiger charge is -2.15. The van der Waals surface area contributed by atoms with Gasteiger partial charge in [0.2, 0.25) is 0 Å². The quantitative estimate of drug-likeness (QED) is 0.581. The minimum Gasteiger partial charge on any atom is -0.493 e. The van der Waals surface area contributed by atoms with Crippen molar-refractivity contribution >= 4 is 28.8 Å². The summed E-state index contributed by atoms with van der Waals surface area (Å²) in [5.74, 6) is -2.50. The molecule has 0 saturated carbocycles. The Morgan fingerprint density at radius 2 is 1.50 bits per heavy atom. The Kier molecular flexibility index (Phi) is 5.59. The molecule has 1 N–H and O–H groups in total. The Morgan fingerprint density at radius 1 is 0.781 bits per heavy atom. The summed E-state index contributed by atoms with van der Waals surface area (Å²) in [6, 6.07) is 16.3. The topological polar surface area (TPSA) is 67.9 Å². The summed E-state index contributed by atoms with van der Waals surface area (Å²) in [5.41, 5.74) is 0.877. The third-order valence-electron chi connectivity index (χ3n) is 4.96. The Labute approximate surface area is 182 Å². The third-order valence-corrected chi connectivity index (χ3v) is 4.96. The molecule has 4 rings (SSSR count). The summed E-state index contributed by atoms with van der Waals surface area (Å²) in [4.78, 5) is 27.7. The zero-order chi connectivity index (χ0) is 22.8. The van der Waals surface area contributed by atoms with Crippen LogP contribution in [0.3, 0.4) is 0 Å². The lowest BCUT2D eigenvalue weighted by atomic mass is 10.0. The molecule has 0 fully saturated rings. The molecule has 3 aromatic rings. The Morgan fingerprint density at radius 3 is 2.16 bits per heavy atom. The van der Waals surface area contributed by atoms with Gasteiger partial charge in [0.05, 0.1) is 25.5 Å². The van der Waals surface area contributed by atoms with Crippen LogP contribution in [0.2, 0.25) is 0 Å². The number of halogens is 2. The zero-order valence-corrected chi connectivity index (χ0v) is 17.2. The normalized spacial score (nSPS) is 13.6. The average Bonchev–Trinajstić information content (AvgIpc) is 3.05. The van der Waals surface area contributed by atoms with Crippen molar-refractivity contribution in [3.63, 3.8) is 0 Å². The number of rotatable bonds is 6. The van der Waals surface area contributed by atoms with Crippen LogP contribution in [0, 0.1) is 11.6 Å². The summed E-state index contributed by atoms with van der Waals surface area (Å²) in [6.45, 7) is 0. The highest BCUT2D eigenvalue weighted by Gasteiger charge is 2.40. The lowest BCUT2D eigenvalue weighted by molar-refractivity contribution is -0.120. The summed E-state index contributed by atoms with van der Waals surface area (Å²) < 4.78 is 37.7. The summed E-state index contributed by atoms with van der Waals surface area (Å²) in [7, 11) is 2.93. The van der Waals surface area contributed by atoms with E-state index >= 15 is 0 Å². The van der Waals surface area contributed by atoms with Gasteiger partial charge in [0.1, 0.15) is 5.70 Å². The van der Waals surface area contributed by atoms with Crippen LogP contribution in [0.4, 0.5) is 20.2 Å². The first kappa shape index (κ1) is 21.0. The maximum absolute atomic E-state index is 13.7. The highest BCUT2D eigenvalue weighted by atomic mass is 19.2. The van der Waals surface area contributed by atoms with Gasteiger partial charge < -0.3 is 14.8 Å². The van der Waals surface area contributed by atoms with Crippen molar-refractivity contribution in [3.8, 4) is 11.5 Å². The molecule has 1 aliphatic rings. The zero-order valence-electron chi connectivity index (χ0n) is 17.2. The lowest BCUT2D eigenvalue weighted by Crippen LogP contribution is -2.32. The predicted octanol–water partition coefficient (Wildman–Crippen LogP) is 4.38. The van der Waals surface area contributed by atoms with Gasteiger partial charge in [-0.3, -0.25) is 9.59 Å². The van der Waals surface area contributed by atoms with Crippen LogP contribution in [0.5, 0.6) is 11.5 Å². The number of ether oxygens (including phenoxy) is 2. The highest BCUT2D eigenvalue weighted by Crippen LogP contribution is 2.37. The van der Waals surface area contributed by atoms with E-state index in [0.29, 0.717) is 22.7 Å². The molecule has 162 valence electrons. The van der Waals surface area contributed by atoms with Crippen LogP contribution in [0.25, 0.3) is 5.57 Å². The summed E-state index contributed by atoms with van der Waals surface area (Å²) >= 11 is 0. The molecule has 0 unspecified atom stereocenters. The number of hydrogen-bond acceptors (Lipinski definition) is 5. The summed E-state index contributed by atoms with van der Waals surface area (Å²) in [5, 5.41) is 2.79. The van der Waals surface area contributed by atoms with Gasteiger partial charge in [0.15, 0.2) is 23.1 Å². The largest absolute Gasteiger partial charge is 0.493 e. The van der Waals surface area contributed by atoms with Crippen molar-refractivity contribution in [2.24, 2.45) is 0 Å². The summed E-state index contributed by atoms with van der Waals surface area (Å²) in [6.07, 6.45) is 0. The monoisotopic (exact) mass is 436 g/mol. The minimum atomic E-state index is -1.08. The molecule has 0 aliphatic carbocycles. The van der Waals surface area contributed by atoms with Crippen molar-refractivity contribution in [1.82, 2.24) is 0 Å². The van der Waals surface area contributed by atoms with Crippen molar-refractivity contribution < 1.29 is 27.8 Å². The van der Waals surface area contributed by atoms with E-state index < -0.39 is 23.4 Å². The second kappa shape index (κ2) is 8.50. The minimum absolute atomic E-state index is 0.0598. The molecule has 8 heteroatoms. The van der Waals surface area contributed by atoms with Crippen molar-refractivity contribution in [2.45, 2.75) is 0 Å². The number of benzene rings is 3.